The number of ether oxygens (including phenoxy) is 1. The molecule has 2 saturated heterocycles. The molecule has 0 saturated carbocycles. The van der Waals surface area contributed by atoms with E-state index in [1.165, 1.54) is 12.1 Å². The number of hydrogen-bond acceptors (Lipinski definition) is 3. The van der Waals surface area contributed by atoms with Crippen molar-refractivity contribution in [3.8, 4) is 5.75 Å². The van der Waals surface area contributed by atoms with E-state index < -0.39 is 5.54 Å². The number of rotatable bonds is 3. The van der Waals surface area contributed by atoms with Crippen LogP contribution in [0.4, 0.5) is 4.39 Å². The van der Waals surface area contributed by atoms with Gasteiger partial charge in [-0.3, -0.25) is 9.59 Å². The third kappa shape index (κ3) is 3.15. The van der Waals surface area contributed by atoms with E-state index in [0.29, 0.717) is 30.8 Å². The van der Waals surface area contributed by atoms with E-state index in [-0.39, 0.29) is 23.7 Å². The average molecular weight is 435 g/mol. The number of hydrogen-bond donors (Lipinski definition) is 1. The first-order chi connectivity index (χ1) is 15.4. The molecule has 2 amide bonds. The van der Waals surface area contributed by atoms with Crippen LogP contribution in [0.25, 0.3) is 10.9 Å². The zero-order valence-corrected chi connectivity index (χ0v) is 18.2. The maximum atomic E-state index is 13.9. The summed E-state index contributed by atoms with van der Waals surface area (Å²) in [5, 5.41) is 4.05. The highest BCUT2D eigenvalue weighted by molar-refractivity contribution is 6.00. The third-order valence-corrected chi connectivity index (χ3v) is 6.98. The molecule has 2 atom stereocenters. The van der Waals surface area contributed by atoms with Gasteiger partial charge in [-0.1, -0.05) is 18.2 Å². The van der Waals surface area contributed by atoms with Gasteiger partial charge in [-0.2, -0.15) is 0 Å². The Hall–Kier alpha value is -3.35. The topological polar surface area (TPSA) is 63.6 Å². The number of nitrogens with zero attached hydrogens (tertiary/aromatic N) is 2. The van der Waals surface area contributed by atoms with Crippen LogP contribution in [-0.4, -0.2) is 40.5 Å². The van der Waals surface area contributed by atoms with Crippen LogP contribution in [0.3, 0.4) is 0 Å². The van der Waals surface area contributed by atoms with Gasteiger partial charge in [0.25, 0.3) is 5.91 Å². The number of fused-ring (bicyclic) bond motifs is 1. The number of benzene rings is 2. The summed E-state index contributed by atoms with van der Waals surface area (Å²) in [6.07, 6.45) is 2.66. The van der Waals surface area contributed by atoms with E-state index in [4.69, 9.17) is 4.74 Å². The summed E-state index contributed by atoms with van der Waals surface area (Å²) in [5.74, 6) is 0.277. The Kier molecular flexibility index (Phi) is 4.92. The van der Waals surface area contributed by atoms with Gasteiger partial charge in [-0.25, -0.2) is 4.39 Å². The van der Waals surface area contributed by atoms with Gasteiger partial charge in [0, 0.05) is 25.4 Å². The number of carbonyl (C=O) groups excluding carboxylic acids is 2. The van der Waals surface area contributed by atoms with Gasteiger partial charge in [0.1, 0.15) is 17.3 Å². The first-order valence-corrected chi connectivity index (χ1v) is 10.9. The van der Waals surface area contributed by atoms with Crippen LogP contribution >= 0.6 is 0 Å². The van der Waals surface area contributed by atoms with Crippen molar-refractivity contribution < 1.29 is 18.7 Å². The van der Waals surface area contributed by atoms with Crippen LogP contribution in [0, 0.1) is 5.82 Å². The number of methoxy groups -OCH3 is 1. The Bertz CT molecular complexity index is 1200. The van der Waals surface area contributed by atoms with Gasteiger partial charge >= 0.3 is 0 Å². The second-order valence-corrected chi connectivity index (χ2v) is 8.74. The molecule has 0 aliphatic carbocycles. The molecule has 1 N–H and O–H groups in total. The molecule has 0 radical (unpaired) electrons. The Morgan fingerprint density at radius 1 is 1.19 bits per heavy atom. The molecule has 1 aromatic heterocycles. The number of nitrogens with one attached hydrogen (secondary N) is 1. The predicted octanol–water partition coefficient (Wildman–Crippen LogP) is 3.95. The monoisotopic (exact) mass is 435 g/mol. The van der Waals surface area contributed by atoms with E-state index in [9.17, 15) is 14.0 Å². The van der Waals surface area contributed by atoms with Crippen molar-refractivity contribution in [3.63, 3.8) is 0 Å². The summed E-state index contributed by atoms with van der Waals surface area (Å²) in [5.41, 5.74) is 1.76. The molecule has 5 rings (SSSR count). The Morgan fingerprint density at radius 2 is 1.97 bits per heavy atom. The van der Waals surface area contributed by atoms with Gasteiger partial charge in [-0.15, -0.1) is 0 Å². The molecule has 32 heavy (non-hydrogen) atoms. The van der Waals surface area contributed by atoms with Crippen LogP contribution in [-0.2, 0) is 11.8 Å². The van der Waals surface area contributed by atoms with Crippen LogP contribution in [0.1, 0.15) is 47.8 Å². The summed E-state index contributed by atoms with van der Waals surface area (Å²) in [6.45, 7) is 0.567. The van der Waals surface area contributed by atoms with Gasteiger partial charge in [-0.05, 0) is 55.2 Å². The van der Waals surface area contributed by atoms with Crippen molar-refractivity contribution in [2.75, 3.05) is 13.7 Å². The van der Waals surface area contributed by atoms with E-state index in [1.54, 1.807) is 19.2 Å². The Balaban J connectivity index is 1.61. The number of aryl methyl sites for hydroxylation is 1. The highest BCUT2D eigenvalue weighted by Crippen LogP contribution is 2.45. The minimum atomic E-state index is -0.537. The molecule has 0 unspecified atom stereocenters. The summed E-state index contributed by atoms with van der Waals surface area (Å²) in [7, 11) is 3.49. The lowest BCUT2D eigenvalue weighted by Crippen LogP contribution is -2.58. The zero-order valence-electron chi connectivity index (χ0n) is 18.2. The number of halogens is 1. The second-order valence-electron chi connectivity index (χ2n) is 8.74. The smallest absolute Gasteiger partial charge is 0.271 e. The molecule has 2 fully saturated rings. The minimum Gasteiger partial charge on any atom is -0.496 e. The van der Waals surface area contributed by atoms with Gasteiger partial charge in [0.2, 0.25) is 5.91 Å². The van der Waals surface area contributed by atoms with Crippen molar-refractivity contribution in [2.24, 2.45) is 7.05 Å². The van der Waals surface area contributed by atoms with Gasteiger partial charge < -0.3 is 19.5 Å². The SMILES string of the molecule is COc1cccc2c1cc(C(=O)N1CCC[C@]3(CCC(=O)N3)[C@H]1c1ccc(F)cc1)n2C. The summed E-state index contributed by atoms with van der Waals surface area (Å²) >= 11 is 0. The fraction of sp³-hybridized carbons (Fsp3) is 0.360. The number of carbonyl (C=O) groups is 2. The van der Waals surface area contributed by atoms with E-state index >= 15 is 0 Å². The molecule has 6 nitrogen and oxygen atoms in total. The summed E-state index contributed by atoms with van der Waals surface area (Å²) in [6, 6.07) is 13.5. The molecule has 7 heteroatoms. The molecule has 1 spiro atoms. The highest BCUT2D eigenvalue weighted by Gasteiger charge is 2.51. The standard InChI is InChI=1S/C25H26FN3O3/c1-28-19-5-3-6-21(32-2)18(19)15-20(28)24(31)29-14-4-12-25(13-11-22(30)27-25)23(29)16-7-9-17(26)10-8-16/h3,5-10,15,23H,4,11-14H2,1-2H3,(H,27,30)/t23-,25+/m1/s1. The summed E-state index contributed by atoms with van der Waals surface area (Å²) in [4.78, 5) is 28.0. The maximum absolute atomic E-state index is 13.9. The fourth-order valence-corrected chi connectivity index (χ4v) is 5.49. The molecule has 0 bridgehead atoms. The molecule has 3 aromatic rings. The average Bonchev–Trinajstić information content (AvgIpc) is 3.34. The first-order valence-electron chi connectivity index (χ1n) is 10.9. The largest absolute Gasteiger partial charge is 0.496 e. The maximum Gasteiger partial charge on any atom is 0.271 e. The van der Waals surface area contributed by atoms with Crippen molar-refractivity contribution >= 4 is 22.7 Å². The van der Waals surface area contributed by atoms with E-state index in [0.717, 1.165) is 29.3 Å². The lowest BCUT2D eigenvalue weighted by Gasteiger charge is -2.48. The highest BCUT2D eigenvalue weighted by atomic mass is 19.1. The molecular formula is C25H26FN3O3. The predicted molar refractivity (Wildman–Crippen MR) is 119 cm³/mol. The first kappa shape index (κ1) is 20.5. The molecule has 166 valence electrons. The van der Waals surface area contributed by atoms with Gasteiger partial charge in [0.05, 0.1) is 24.2 Å². The normalized spacial score (nSPS) is 23.0. The van der Waals surface area contributed by atoms with Crippen LogP contribution in [0.15, 0.2) is 48.5 Å². The number of aromatic nitrogens is 1. The molecule has 2 aromatic carbocycles. The quantitative estimate of drug-likeness (QED) is 0.678. The van der Waals surface area contributed by atoms with E-state index in [2.05, 4.69) is 5.32 Å². The lowest BCUT2D eigenvalue weighted by atomic mass is 9.76. The van der Waals surface area contributed by atoms with Crippen LogP contribution in [0.2, 0.25) is 0 Å². The van der Waals surface area contributed by atoms with Crippen molar-refractivity contribution in [2.45, 2.75) is 37.3 Å². The molecule has 2 aliphatic heterocycles. The number of likely N-dealkylation sites (tertiary alicyclic amines) is 1. The molecular weight excluding hydrogens is 409 g/mol. The zero-order chi connectivity index (χ0) is 22.5. The van der Waals surface area contributed by atoms with Crippen molar-refractivity contribution in [3.05, 3.63) is 65.6 Å². The number of amides is 2. The van der Waals surface area contributed by atoms with Crippen molar-refractivity contribution in [1.82, 2.24) is 14.8 Å². The lowest BCUT2D eigenvalue weighted by molar-refractivity contribution is -0.120. The Labute approximate surface area is 186 Å². The second kappa shape index (κ2) is 7.65. The van der Waals surface area contributed by atoms with Crippen molar-refractivity contribution in [1.29, 1.82) is 0 Å². The summed E-state index contributed by atoms with van der Waals surface area (Å²) < 4.78 is 21.1. The molecule has 2 aliphatic rings. The minimum absolute atomic E-state index is 0.000696. The van der Waals surface area contributed by atoms with Gasteiger partial charge in [0.15, 0.2) is 0 Å². The van der Waals surface area contributed by atoms with Crippen LogP contribution in [0.5, 0.6) is 5.75 Å². The fourth-order valence-electron chi connectivity index (χ4n) is 5.49. The van der Waals surface area contributed by atoms with Crippen LogP contribution < -0.4 is 10.1 Å². The third-order valence-electron chi connectivity index (χ3n) is 6.98. The Morgan fingerprint density at radius 3 is 2.66 bits per heavy atom. The number of piperidine rings is 1. The van der Waals surface area contributed by atoms with E-state index in [1.807, 2.05) is 40.8 Å². The molecule has 3 heterocycles.